The number of aryl methyl sites for hydroxylation is 1. The lowest BCUT2D eigenvalue weighted by Gasteiger charge is -2.15. The second-order valence-corrected chi connectivity index (χ2v) is 8.54. The van der Waals surface area contributed by atoms with E-state index < -0.39 is 0 Å². The molecule has 0 aromatic carbocycles. The summed E-state index contributed by atoms with van der Waals surface area (Å²) in [5.74, 6) is 3.24. The fraction of sp³-hybridized carbons (Fsp3) is 0.476. The van der Waals surface area contributed by atoms with Crippen LogP contribution in [-0.4, -0.2) is 44.5 Å². The van der Waals surface area contributed by atoms with E-state index in [1.54, 1.807) is 10.7 Å². The summed E-state index contributed by atoms with van der Waals surface area (Å²) in [7, 11) is 1.93. The average Bonchev–Trinajstić information content (AvgIpc) is 3.60. The van der Waals surface area contributed by atoms with Crippen LogP contribution in [-0.2, 0) is 11.8 Å². The number of piperidine rings is 1. The minimum absolute atomic E-state index is 0. The molecule has 0 spiro atoms. The van der Waals surface area contributed by atoms with Crippen molar-refractivity contribution < 1.29 is 9.53 Å². The third-order valence-electron chi connectivity index (χ3n) is 6.40. The van der Waals surface area contributed by atoms with Crippen LogP contribution in [0.25, 0.3) is 16.8 Å². The van der Waals surface area contributed by atoms with Gasteiger partial charge >= 0.3 is 0 Å². The van der Waals surface area contributed by atoms with E-state index >= 15 is 0 Å². The number of rotatable bonds is 6. The normalized spacial score (nSPS) is 24.4. The Kier molecular flexibility index (Phi) is 4.71. The van der Waals surface area contributed by atoms with Gasteiger partial charge in [0.1, 0.15) is 12.3 Å². The monoisotopic (exact) mass is 428 g/mol. The van der Waals surface area contributed by atoms with Crippen LogP contribution in [0.2, 0.25) is 0 Å². The molecule has 8 nitrogen and oxygen atoms in total. The smallest absolute Gasteiger partial charge is 0.228 e. The molecule has 1 unspecified atom stereocenters. The van der Waals surface area contributed by atoms with Crippen molar-refractivity contribution in [2.75, 3.05) is 18.5 Å². The highest BCUT2D eigenvalue weighted by Crippen LogP contribution is 2.45. The van der Waals surface area contributed by atoms with Crippen LogP contribution in [0.15, 0.2) is 30.6 Å². The van der Waals surface area contributed by atoms with Gasteiger partial charge in [0.2, 0.25) is 5.91 Å². The van der Waals surface area contributed by atoms with Crippen molar-refractivity contribution in [1.29, 1.82) is 0 Å². The van der Waals surface area contributed by atoms with Crippen LogP contribution in [0.5, 0.6) is 5.75 Å². The number of anilines is 1. The fourth-order valence-electron chi connectivity index (χ4n) is 4.44. The summed E-state index contributed by atoms with van der Waals surface area (Å²) in [5, 5.41) is 15.3. The molecule has 2 aliphatic carbocycles. The predicted octanol–water partition coefficient (Wildman–Crippen LogP) is 2.49. The van der Waals surface area contributed by atoms with Gasteiger partial charge in [0.25, 0.3) is 0 Å². The first-order chi connectivity index (χ1) is 14.2. The third kappa shape index (κ3) is 3.44. The lowest BCUT2D eigenvalue weighted by Crippen LogP contribution is -2.32. The minimum atomic E-state index is 0. The number of pyridine rings is 1. The van der Waals surface area contributed by atoms with Gasteiger partial charge in [-0.2, -0.15) is 10.2 Å². The number of carbonyl (C=O) groups is 1. The van der Waals surface area contributed by atoms with E-state index in [1.807, 2.05) is 36.1 Å². The molecule has 1 amide bonds. The summed E-state index contributed by atoms with van der Waals surface area (Å²) in [4.78, 5) is 12.0. The molecule has 4 heterocycles. The van der Waals surface area contributed by atoms with Crippen LogP contribution in [0.3, 0.4) is 0 Å². The molecule has 9 heteroatoms. The molecule has 3 fully saturated rings. The molecular weight excluding hydrogens is 404 g/mol. The van der Waals surface area contributed by atoms with E-state index in [-0.39, 0.29) is 24.2 Å². The number of ether oxygens (including phenoxy) is 1. The Morgan fingerprint density at radius 3 is 2.97 bits per heavy atom. The SMILES string of the molecule is Cl.Cn1ncc(OC[C@@H]2NC[C@H]3CC32)c1-c1ccn2nc(NC(=O)C3CC3)cc2c1. The van der Waals surface area contributed by atoms with Gasteiger partial charge < -0.3 is 15.4 Å². The number of hydrogen-bond acceptors (Lipinski definition) is 5. The van der Waals surface area contributed by atoms with Crippen molar-refractivity contribution in [2.24, 2.45) is 24.8 Å². The zero-order valence-corrected chi connectivity index (χ0v) is 17.6. The summed E-state index contributed by atoms with van der Waals surface area (Å²) in [5.41, 5.74) is 2.87. The average molecular weight is 429 g/mol. The quantitative estimate of drug-likeness (QED) is 0.630. The van der Waals surface area contributed by atoms with Crippen LogP contribution in [0.1, 0.15) is 19.3 Å². The van der Waals surface area contributed by atoms with E-state index in [9.17, 15) is 4.79 Å². The Labute approximate surface area is 180 Å². The fourth-order valence-corrected chi connectivity index (χ4v) is 4.44. The molecule has 2 N–H and O–H groups in total. The highest BCUT2D eigenvalue weighted by molar-refractivity contribution is 5.93. The molecule has 30 heavy (non-hydrogen) atoms. The van der Waals surface area contributed by atoms with E-state index in [2.05, 4.69) is 20.8 Å². The zero-order valence-electron chi connectivity index (χ0n) is 16.7. The van der Waals surface area contributed by atoms with Gasteiger partial charge in [-0.25, -0.2) is 4.52 Å². The van der Waals surface area contributed by atoms with Crippen LogP contribution in [0.4, 0.5) is 5.82 Å². The Bertz CT molecular complexity index is 1100. The van der Waals surface area contributed by atoms with Gasteiger partial charge in [-0.1, -0.05) is 0 Å². The van der Waals surface area contributed by atoms with Crippen molar-refractivity contribution in [2.45, 2.75) is 25.3 Å². The number of carbonyl (C=O) groups excluding carboxylic acids is 1. The third-order valence-corrected chi connectivity index (χ3v) is 6.40. The molecular formula is C21H25ClN6O2. The first-order valence-electron chi connectivity index (χ1n) is 10.3. The number of aromatic nitrogens is 4. The number of fused-ring (bicyclic) bond motifs is 2. The van der Waals surface area contributed by atoms with E-state index in [0.717, 1.165) is 53.7 Å². The van der Waals surface area contributed by atoms with Gasteiger partial charge in [-0.15, -0.1) is 12.4 Å². The number of nitrogens with one attached hydrogen (secondary N) is 2. The molecule has 6 rings (SSSR count). The van der Waals surface area contributed by atoms with Crippen molar-refractivity contribution in [3.8, 4) is 17.0 Å². The largest absolute Gasteiger partial charge is 0.488 e. The topological polar surface area (TPSA) is 85.5 Å². The highest BCUT2D eigenvalue weighted by Gasteiger charge is 2.48. The number of hydrogen-bond donors (Lipinski definition) is 2. The second-order valence-electron chi connectivity index (χ2n) is 8.54. The number of halogens is 1. The first-order valence-corrected chi connectivity index (χ1v) is 10.3. The van der Waals surface area contributed by atoms with E-state index in [1.165, 1.54) is 6.42 Å². The van der Waals surface area contributed by atoms with E-state index in [0.29, 0.717) is 18.5 Å². The molecule has 3 atom stereocenters. The first kappa shape index (κ1) is 19.4. The summed E-state index contributed by atoms with van der Waals surface area (Å²) in [6, 6.07) is 6.40. The molecule has 0 radical (unpaired) electrons. The summed E-state index contributed by atoms with van der Waals surface area (Å²) in [6.07, 6.45) is 6.98. The predicted molar refractivity (Wildman–Crippen MR) is 115 cm³/mol. The molecule has 158 valence electrons. The van der Waals surface area contributed by atoms with Crippen molar-refractivity contribution >= 4 is 29.6 Å². The molecule has 1 saturated heterocycles. The molecule has 3 aromatic rings. The van der Waals surface area contributed by atoms with Crippen LogP contribution in [0, 0.1) is 17.8 Å². The maximum Gasteiger partial charge on any atom is 0.228 e. The van der Waals surface area contributed by atoms with Gasteiger partial charge in [0.15, 0.2) is 11.6 Å². The Morgan fingerprint density at radius 2 is 2.23 bits per heavy atom. The van der Waals surface area contributed by atoms with Gasteiger partial charge in [-0.3, -0.25) is 9.48 Å². The van der Waals surface area contributed by atoms with Crippen molar-refractivity contribution in [1.82, 2.24) is 24.7 Å². The Balaban J connectivity index is 0.00000193. The number of amides is 1. The van der Waals surface area contributed by atoms with Crippen molar-refractivity contribution in [3.05, 3.63) is 30.6 Å². The molecule has 1 aliphatic heterocycles. The number of nitrogens with zero attached hydrogens (tertiary/aromatic N) is 4. The maximum absolute atomic E-state index is 12.0. The van der Waals surface area contributed by atoms with Gasteiger partial charge in [0.05, 0.1) is 11.7 Å². The van der Waals surface area contributed by atoms with Gasteiger partial charge in [0, 0.05) is 36.8 Å². The molecule has 3 aromatic heterocycles. The summed E-state index contributed by atoms with van der Waals surface area (Å²) in [6.45, 7) is 1.79. The molecule has 0 bridgehead atoms. The minimum Gasteiger partial charge on any atom is -0.488 e. The second kappa shape index (κ2) is 7.28. The van der Waals surface area contributed by atoms with Crippen LogP contribution >= 0.6 is 12.4 Å². The zero-order chi connectivity index (χ0) is 19.5. The van der Waals surface area contributed by atoms with Crippen molar-refractivity contribution in [3.63, 3.8) is 0 Å². The Morgan fingerprint density at radius 1 is 1.37 bits per heavy atom. The molecule has 3 aliphatic rings. The summed E-state index contributed by atoms with van der Waals surface area (Å²) >= 11 is 0. The standard InChI is InChI=1S/C21H24N6O2.ClH/c1-26-20(18(10-23-26)29-11-17-16-7-14(16)9-22-17)13-4-5-27-15(6-13)8-19(25-27)24-21(28)12-2-3-12;/h4-6,8,10,12,14,16-17,22H,2-3,7,9,11H2,1H3,(H,24,25,28);1H/t14-,16?,17+;/m1./s1. The summed E-state index contributed by atoms with van der Waals surface area (Å²) < 4.78 is 9.79. The molecule has 2 saturated carbocycles. The maximum atomic E-state index is 12.0. The lowest BCUT2D eigenvalue weighted by atomic mass is 10.1. The van der Waals surface area contributed by atoms with E-state index in [4.69, 9.17) is 4.74 Å². The lowest BCUT2D eigenvalue weighted by molar-refractivity contribution is -0.117. The van der Waals surface area contributed by atoms with Gasteiger partial charge in [-0.05, 0) is 49.8 Å². The Hall–Kier alpha value is -2.58. The highest BCUT2D eigenvalue weighted by atomic mass is 35.5. The van der Waals surface area contributed by atoms with Crippen LogP contribution < -0.4 is 15.4 Å².